The van der Waals surface area contributed by atoms with Gasteiger partial charge in [0.15, 0.2) is 0 Å². The van der Waals surface area contributed by atoms with E-state index in [-0.39, 0.29) is 5.41 Å². The van der Waals surface area contributed by atoms with Gasteiger partial charge >= 0.3 is 0 Å². The molecule has 3 rings (SSSR count). The largest absolute Gasteiger partial charge is 0.342 e. The second-order valence-electron chi connectivity index (χ2n) is 6.41. The molecular formula is C14H24N2O. The normalized spacial score (nSPS) is 38.2. The second kappa shape index (κ2) is 3.98. The van der Waals surface area contributed by atoms with Gasteiger partial charge in [0.1, 0.15) is 0 Å². The van der Waals surface area contributed by atoms with Gasteiger partial charge in [-0.1, -0.05) is 13.3 Å². The van der Waals surface area contributed by atoms with Crippen molar-refractivity contribution < 1.29 is 4.79 Å². The van der Waals surface area contributed by atoms with Crippen molar-refractivity contribution in [2.45, 2.75) is 51.5 Å². The fourth-order valence-electron chi connectivity index (χ4n) is 4.01. The van der Waals surface area contributed by atoms with Crippen LogP contribution < -0.4 is 5.73 Å². The Bertz CT molecular complexity index is 324. The Balaban J connectivity index is 1.65. The molecule has 0 spiro atoms. The summed E-state index contributed by atoms with van der Waals surface area (Å²) >= 11 is 0. The Morgan fingerprint density at radius 3 is 2.71 bits per heavy atom. The average Bonchev–Trinajstić information content (AvgIpc) is 2.85. The maximum Gasteiger partial charge on any atom is 0.228 e. The van der Waals surface area contributed by atoms with Crippen LogP contribution in [0.25, 0.3) is 0 Å². The van der Waals surface area contributed by atoms with Gasteiger partial charge in [0.05, 0.1) is 0 Å². The molecule has 3 unspecified atom stereocenters. The van der Waals surface area contributed by atoms with Crippen molar-refractivity contribution in [3.05, 3.63) is 0 Å². The second-order valence-corrected chi connectivity index (χ2v) is 6.41. The summed E-state index contributed by atoms with van der Waals surface area (Å²) in [6.07, 6.45) is 6.86. The van der Waals surface area contributed by atoms with Crippen LogP contribution in [0.15, 0.2) is 0 Å². The lowest BCUT2D eigenvalue weighted by Gasteiger charge is -2.24. The van der Waals surface area contributed by atoms with Crippen molar-refractivity contribution in [1.82, 2.24) is 4.90 Å². The highest BCUT2D eigenvalue weighted by atomic mass is 16.2. The van der Waals surface area contributed by atoms with E-state index in [4.69, 9.17) is 5.73 Å². The number of amides is 1. The number of hydrogen-bond donors (Lipinski definition) is 1. The van der Waals surface area contributed by atoms with Crippen molar-refractivity contribution in [2.75, 3.05) is 13.1 Å². The van der Waals surface area contributed by atoms with Crippen LogP contribution in [0.3, 0.4) is 0 Å². The van der Waals surface area contributed by atoms with Gasteiger partial charge in [0.25, 0.3) is 0 Å². The molecule has 0 aromatic rings. The smallest absolute Gasteiger partial charge is 0.228 e. The van der Waals surface area contributed by atoms with E-state index in [1.165, 1.54) is 6.42 Å². The van der Waals surface area contributed by atoms with E-state index in [1.54, 1.807) is 0 Å². The van der Waals surface area contributed by atoms with Gasteiger partial charge in [-0.25, -0.2) is 0 Å². The summed E-state index contributed by atoms with van der Waals surface area (Å²) in [5, 5.41) is 0. The van der Waals surface area contributed by atoms with E-state index in [0.717, 1.165) is 45.2 Å². The van der Waals surface area contributed by atoms with Gasteiger partial charge in [-0.15, -0.1) is 0 Å². The number of rotatable bonds is 3. The number of nitrogens with two attached hydrogens (primary N) is 1. The lowest BCUT2D eigenvalue weighted by Crippen LogP contribution is -2.38. The van der Waals surface area contributed by atoms with Crippen LogP contribution in [0.2, 0.25) is 0 Å². The van der Waals surface area contributed by atoms with Gasteiger partial charge in [0.2, 0.25) is 5.91 Å². The summed E-state index contributed by atoms with van der Waals surface area (Å²) in [4.78, 5) is 14.7. The monoisotopic (exact) mass is 236 g/mol. The van der Waals surface area contributed by atoms with Gasteiger partial charge in [0, 0.05) is 24.5 Å². The number of fused-ring (bicyclic) bond motifs is 1. The molecule has 3 fully saturated rings. The third-order valence-electron chi connectivity index (χ3n) is 5.24. The van der Waals surface area contributed by atoms with E-state index >= 15 is 0 Å². The van der Waals surface area contributed by atoms with E-state index in [2.05, 4.69) is 11.8 Å². The predicted octanol–water partition coefficient (Wildman–Crippen LogP) is 1.76. The van der Waals surface area contributed by atoms with Crippen molar-refractivity contribution in [3.63, 3.8) is 0 Å². The van der Waals surface area contributed by atoms with Gasteiger partial charge < -0.3 is 10.6 Å². The van der Waals surface area contributed by atoms with Gasteiger partial charge in [-0.3, -0.25) is 4.79 Å². The SMILES string of the molecule is CCCC1(C(=O)N2CC3CCC(N)C3C2)CC1. The molecule has 3 aliphatic rings. The Morgan fingerprint density at radius 1 is 1.35 bits per heavy atom. The molecule has 2 N–H and O–H groups in total. The topological polar surface area (TPSA) is 46.3 Å². The minimum Gasteiger partial charge on any atom is -0.342 e. The summed E-state index contributed by atoms with van der Waals surface area (Å²) in [5.41, 5.74) is 6.18. The molecule has 3 nitrogen and oxygen atoms in total. The van der Waals surface area contributed by atoms with Crippen LogP contribution in [0.5, 0.6) is 0 Å². The summed E-state index contributed by atoms with van der Waals surface area (Å²) in [6, 6.07) is 0.346. The van der Waals surface area contributed by atoms with Crippen LogP contribution in [-0.2, 0) is 4.79 Å². The zero-order valence-corrected chi connectivity index (χ0v) is 10.8. The predicted molar refractivity (Wildman–Crippen MR) is 67.3 cm³/mol. The zero-order valence-electron chi connectivity index (χ0n) is 10.8. The summed E-state index contributed by atoms with van der Waals surface area (Å²) < 4.78 is 0. The number of nitrogens with zero attached hydrogens (tertiary/aromatic N) is 1. The first-order chi connectivity index (χ1) is 8.16. The minimum atomic E-state index is 0.0531. The molecule has 1 amide bonds. The lowest BCUT2D eigenvalue weighted by atomic mass is 9.98. The van der Waals surface area contributed by atoms with Crippen LogP contribution in [0.4, 0.5) is 0 Å². The quantitative estimate of drug-likeness (QED) is 0.811. The molecule has 3 atom stereocenters. The van der Waals surface area contributed by atoms with Crippen LogP contribution in [0.1, 0.15) is 45.4 Å². The molecule has 17 heavy (non-hydrogen) atoms. The molecule has 1 saturated heterocycles. The first-order valence-electron chi connectivity index (χ1n) is 7.21. The van der Waals surface area contributed by atoms with Crippen LogP contribution in [0, 0.1) is 17.3 Å². The van der Waals surface area contributed by atoms with E-state index in [9.17, 15) is 4.79 Å². The molecule has 0 aromatic carbocycles. The number of carbonyl (C=O) groups is 1. The van der Waals surface area contributed by atoms with Crippen molar-refractivity contribution >= 4 is 5.91 Å². The maximum atomic E-state index is 12.5. The maximum absolute atomic E-state index is 12.5. The van der Waals surface area contributed by atoms with E-state index in [1.807, 2.05) is 0 Å². The van der Waals surface area contributed by atoms with E-state index in [0.29, 0.717) is 23.8 Å². The van der Waals surface area contributed by atoms with Gasteiger partial charge in [-0.2, -0.15) is 0 Å². The van der Waals surface area contributed by atoms with Crippen LogP contribution >= 0.6 is 0 Å². The van der Waals surface area contributed by atoms with E-state index < -0.39 is 0 Å². The molecule has 2 saturated carbocycles. The number of carbonyl (C=O) groups excluding carboxylic acids is 1. The molecule has 0 bridgehead atoms. The van der Waals surface area contributed by atoms with Crippen LogP contribution in [-0.4, -0.2) is 29.9 Å². The molecule has 1 heterocycles. The highest BCUT2D eigenvalue weighted by Crippen LogP contribution is 2.52. The number of hydrogen-bond acceptors (Lipinski definition) is 2. The van der Waals surface area contributed by atoms with Crippen molar-refractivity contribution in [3.8, 4) is 0 Å². The minimum absolute atomic E-state index is 0.0531. The summed E-state index contributed by atoms with van der Waals surface area (Å²) in [7, 11) is 0. The molecule has 0 aromatic heterocycles. The average molecular weight is 236 g/mol. The molecule has 96 valence electrons. The van der Waals surface area contributed by atoms with Crippen molar-refractivity contribution in [1.29, 1.82) is 0 Å². The Labute approximate surface area is 104 Å². The molecule has 2 aliphatic carbocycles. The number of likely N-dealkylation sites (tertiary alicyclic amines) is 1. The standard InChI is InChI=1S/C14H24N2O/c1-2-5-14(6-7-14)13(17)16-8-10-3-4-12(15)11(10)9-16/h10-12H,2-9,15H2,1H3. The van der Waals surface area contributed by atoms with Gasteiger partial charge in [-0.05, 0) is 43.9 Å². The third kappa shape index (κ3) is 1.79. The Hall–Kier alpha value is -0.570. The fourth-order valence-corrected chi connectivity index (χ4v) is 4.01. The molecule has 1 aliphatic heterocycles. The highest BCUT2D eigenvalue weighted by Gasteiger charge is 2.53. The first-order valence-corrected chi connectivity index (χ1v) is 7.21. The highest BCUT2D eigenvalue weighted by molar-refractivity contribution is 5.85. The Kier molecular flexibility index (Phi) is 2.69. The Morgan fingerprint density at radius 2 is 2.12 bits per heavy atom. The zero-order chi connectivity index (χ0) is 12.0. The fraction of sp³-hybridized carbons (Fsp3) is 0.929. The van der Waals surface area contributed by atoms with Crippen molar-refractivity contribution in [2.24, 2.45) is 23.0 Å². The third-order valence-corrected chi connectivity index (χ3v) is 5.24. The summed E-state index contributed by atoms with van der Waals surface area (Å²) in [5.74, 6) is 1.74. The summed E-state index contributed by atoms with van der Waals surface area (Å²) in [6.45, 7) is 4.11. The molecular weight excluding hydrogens is 212 g/mol. The first kappa shape index (κ1) is 11.5. The lowest BCUT2D eigenvalue weighted by molar-refractivity contribution is -0.136. The molecule has 3 heteroatoms. The molecule has 0 radical (unpaired) electrons.